The van der Waals surface area contributed by atoms with Crippen LogP contribution >= 0.6 is 0 Å². The average Bonchev–Trinajstić information content (AvgIpc) is 2.47. The zero-order valence-electron chi connectivity index (χ0n) is 12.5. The quantitative estimate of drug-likeness (QED) is 0.882. The molecular weight excluding hydrogens is 284 g/mol. The van der Waals surface area contributed by atoms with E-state index in [0.29, 0.717) is 37.2 Å². The van der Waals surface area contributed by atoms with Crippen molar-refractivity contribution < 1.29 is 19.5 Å². The fraction of sp³-hybridized carbons (Fsp3) is 0.438. The van der Waals surface area contributed by atoms with E-state index in [0.717, 1.165) is 0 Å². The molecule has 0 unspecified atom stereocenters. The summed E-state index contributed by atoms with van der Waals surface area (Å²) >= 11 is 0. The first-order valence-corrected chi connectivity index (χ1v) is 7.33. The lowest BCUT2D eigenvalue weighted by molar-refractivity contribution is -0.136. The first kappa shape index (κ1) is 16.0. The summed E-state index contributed by atoms with van der Waals surface area (Å²) in [6.07, 6.45) is 1.24. The number of benzene rings is 1. The second-order valence-electron chi connectivity index (χ2n) is 5.54. The fourth-order valence-electron chi connectivity index (χ4n) is 2.63. The molecule has 0 saturated carbocycles. The molecule has 1 aromatic rings. The van der Waals surface area contributed by atoms with Crippen molar-refractivity contribution >= 4 is 23.5 Å². The van der Waals surface area contributed by atoms with E-state index in [1.54, 1.807) is 29.2 Å². The van der Waals surface area contributed by atoms with Crippen molar-refractivity contribution in [2.75, 3.05) is 18.4 Å². The van der Waals surface area contributed by atoms with E-state index in [-0.39, 0.29) is 24.2 Å². The number of carboxylic acid groups (broad SMARTS) is 1. The Hall–Kier alpha value is -2.37. The number of hydrogen-bond acceptors (Lipinski definition) is 3. The van der Waals surface area contributed by atoms with Crippen LogP contribution in [-0.4, -0.2) is 40.9 Å². The Kier molecular flexibility index (Phi) is 5.14. The molecule has 0 aliphatic carbocycles. The number of carbonyl (C=O) groups is 3. The van der Waals surface area contributed by atoms with Crippen LogP contribution in [0.1, 0.15) is 25.3 Å². The van der Waals surface area contributed by atoms with Crippen molar-refractivity contribution in [1.82, 2.24) is 4.90 Å². The molecule has 2 amide bonds. The van der Waals surface area contributed by atoms with Crippen LogP contribution in [0.2, 0.25) is 0 Å². The van der Waals surface area contributed by atoms with Gasteiger partial charge in [0.15, 0.2) is 0 Å². The van der Waals surface area contributed by atoms with Gasteiger partial charge in [-0.2, -0.15) is 0 Å². The third-order valence-corrected chi connectivity index (χ3v) is 3.86. The molecule has 0 atom stereocenters. The molecule has 6 heteroatoms. The Morgan fingerprint density at radius 1 is 1.27 bits per heavy atom. The van der Waals surface area contributed by atoms with Crippen LogP contribution in [0.4, 0.5) is 5.69 Å². The molecule has 1 aromatic carbocycles. The minimum Gasteiger partial charge on any atom is -0.481 e. The van der Waals surface area contributed by atoms with Gasteiger partial charge in [-0.1, -0.05) is 12.1 Å². The van der Waals surface area contributed by atoms with Crippen LogP contribution in [0.25, 0.3) is 0 Å². The van der Waals surface area contributed by atoms with Crippen molar-refractivity contribution in [3.05, 3.63) is 29.8 Å². The van der Waals surface area contributed by atoms with Crippen molar-refractivity contribution in [3.63, 3.8) is 0 Å². The van der Waals surface area contributed by atoms with Crippen LogP contribution in [-0.2, 0) is 20.8 Å². The summed E-state index contributed by atoms with van der Waals surface area (Å²) in [7, 11) is 0. The lowest BCUT2D eigenvalue weighted by Crippen LogP contribution is -2.40. The molecule has 1 aliphatic heterocycles. The second kappa shape index (κ2) is 7.06. The largest absolute Gasteiger partial charge is 0.481 e. The number of nitrogens with zero attached hydrogens (tertiary/aromatic N) is 1. The Balaban J connectivity index is 1.92. The smallest absolute Gasteiger partial charge is 0.307 e. The highest BCUT2D eigenvalue weighted by Crippen LogP contribution is 2.20. The number of hydrogen-bond donors (Lipinski definition) is 2. The third-order valence-electron chi connectivity index (χ3n) is 3.86. The number of rotatable bonds is 4. The van der Waals surface area contributed by atoms with E-state index in [4.69, 9.17) is 5.11 Å². The monoisotopic (exact) mass is 304 g/mol. The molecule has 1 fully saturated rings. The van der Waals surface area contributed by atoms with Gasteiger partial charge < -0.3 is 15.3 Å². The molecule has 0 radical (unpaired) electrons. The van der Waals surface area contributed by atoms with E-state index in [1.807, 2.05) is 0 Å². The van der Waals surface area contributed by atoms with Gasteiger partial charge in [-0.3, -0.25) is 14.4 Å². The van der Waals surface area contributed by atoms with E-state index in [9.17, 15) is 14.4 Å². The van der Waals surface area contributed by atoms with Crippen molar-refractivity contribution in [2.24, 2.45) is 5.92 Å². The lowest BCUT2D eigenvalue weighted by Gasteiger charge is -2.30. The van der Waals surface area contributed by atoms with Crippen LogP contribution in [0, 0.1) is 5.92 Å². The number of amides is 2. The summed E-state index contributed by atoms with van der Waals surface area (Å²) in [5.41, 5.74) is 1.26. The van der Waals surface area contributed by atoms with Gasteiger partial charge >= 0.3 is 5.97 Å². The minimum atomic E-state index is -0.903. The molecule has 1 aliphatic rings. The molecule has 2 rings (SSSR count). The summed E-state index contributed by atoms with van der Waals surface area (Å²) in [6, 6.07) is 6.87. The molecule has 22 heavy (non-hydrogen) atoms. The summed E-state index contributed by atoms with van der Waals surface area (Å²) in [4.78, 5) is 36.0. The molecule has 0 bridgehead atoms. The van der Waals surface area contributed by atoms with E-state index in [1.165, 1.54) is 6.92 Å². The number of carboxylic acids is 1. The maximum absolute atomic E-state index is 12.2. The van der Waals surface area contributed by atoms with Crippen LogP contribution in [0.15, 0.2) is 24.3 Å². The second-order valence-corrected chi connectivity index (χ2v) is 5.54. The molecule has 118 valence electrons. The molecule has 1 saturated heterocycles. The average molecular weight is 304 g/mol. The van der Waals surface area contributed by atoms with Crippen molar-refractivity contribution in [1.29, 1.82) is 0 Å². The number of anilines is 1. The standard InChI is InChI=1S/C16H20N2O4/c1-11(19)18-7-5-13(6-8-18)16(22)17-14-4-2-3-12(9-14)10-15(20)21/h2-4,9,13H,5-8,10H2,1H3,(H,17,22)(H,20,21). The minimum absolute atomic E-state index is 0.0419. The number of aliphatic carboxylic acids is 1. The summed E-state index contributed by atoms with van der Waals surface area (Å²) < 4.78 is 0. The number of nitrogens with one attached hydrogen (secondary N) is 1. The number of carbonyl (C=O) groups excluding carboxylic acids is 2. The van der Waals surface area contributed by atoms with Crippen LogP contribution in [0.3, 0.4) is 0 Å². The topological polar surface area (TPSA) is 86.7 Å². The van der Waals surface area contributed by atoms with Gasteiger partial charge in [0.25, 0.3) is 0 Å². The highest BCUT2D eigenvalue weighted by atomic mass is 16.4. The maximum atomic E-state index is 12.2. The van der Waals surface area contributed by atoms with Gasteiger partial charge in [-0.15, -0.1) is 0 Å². The van der Waals surface area contributed by atoms with E-state index in [2.05, 4.69) is 5.32 Å². The van der Waals surface area contributed by atoms with Crippen molar-refractivity contribution in [3.8, 4) is 0 Å². The van der Waals surface area contributed by atoms with Gasteiger partial charge in [-0.25, -0.2) is 0 Å². The predicted octanol–water partition coefficient (Wildman–Crippen LogP) is 1.51. The molecule has 1 heterocycles. The zero-order chi connectivity index (χ0) is 16.1. The molecule has 0 spiro atoms. The number of likely N-dealkylation sites (tertiary alicyclic amines) is 1. The SMILES string of the molecule is CC(=O)N1CCC(C(=O)Nc2cccc(CC(=O)O)c2)CC1. The van der Waals surface area contributed by atoms with Gasteiger partial charge in [0, 0.05) is 31.6 Å². The highest BCUT2D eigenvalue weighted by Gasteiger charge is 2.26. The Morgan fingerprint density at radius 2 is 1.95 bits per heavy atom. The molecular formula is C16H20N2O4. The third kappa shape index (κ3) is 4.31. The van der Waals surface area contributed by atoms with Gasteiger partial charge in [0.05, 0.1) is 6.42 Å². The van der Waals surface area contributed by atoms with Gasteiger partial charge in [-0.05, 0) is 30.5 Å². The normalized spacial score (nSPS) is 15.4. The predicted molar refractivity (Wildman–Crippen MR) is 81.4 cm³/mol. The van der Waals surface area contributed by atoms with Crippen LogP contribution in [0.5, 0.6) is 0 Å². The van der Waals surface area contributed by atoms with E-state index >= 15 is 0 Å². The highest BCUT2D eigenvalue weighted by molar-refractivity contribution is 5.93. The van der Waals surface area contributed by atoms with Gasteiger partial charge in [0.1, 0.15) is 0 Å². The fourth-order valence-corrected chi connectivity index (χ4v) is 2.63. The Bertz CT molecular complexity index is 577. The first-order chi connectivity index (χ1) is 10.5. The molecule has 2 N–H and O–H groups in total. The summed E-state index contributed by atoms with van der Waals surface area (Å²) in [5.74, 6) is -1.05. The van der Waals surface area contributed by atoms with Crippen LogP contribution < -0.4 is 5.32 Å². The summed E-state index contributed by atoms with van der Waals surface area (Å²) in [5, 5.41) is 11.6. The Labute approximate surface area is 129 Å². The lowest BCUT2D eigenvalue weighted by atomic mass is 9.95. The first-order valence-electron chi connectivity index (χ1n) is 7.33. The summed E-state index contributed by atoms with van der Waals surface area (Å²) in [6.45, 7) is 2.74. The molecule has 0 aromatic heterocycles. The molecule has 6 nitrogen and oxygen atoms in total. The zero-order valence-corrected chi connectivity index (χ0v) is 12.5. The maximum Gasteiger partial charge on any atom is 0.307 e. The van der Waals surface area contributed by atoms with E-state index < -0.39 is 5.97 Å². The van der Waals surface area contributed by atoms with Gasteiger partial charge in [0.2, 0.25) is 11.8 Å². The number of piperidine rings is 1. The van der Waals surface area contributed by atoms with Crippen molar-refractivity contribution in [2.45, 2.75) is 26.2 Å². The Morgan fingerprint density at radius 3 is 2.55 bits per heavy atom.